The Morgan fingerprint density at radius 1 is 1.35 bits per heavy atom. The van der Waals surface area contributed by atoms with E-state index in [2.05, 4.69) is 10.6 Å². The van der Waals surface area contributed by atoms with Crippen LogP contribution in [0.15, 0.2) is 18.2 Å². The molecule has 1 aromatic carbocycles. The number of aryl methyl sites for hydroxylation is 1. The summed E-state index contributed by atoms with van der Waals surface area (Å²) in [4.78, 5) is 22.7. The van der Waals surface area contributed by atoms with E-state index in [1.165, 1.54) is 25.3 Å². The summed E-state index contributed by atoms with van der Waals surface area (Å²) < 4.78 is 0. The molecule has 0 heterocycles. The Hall–Kier alpha value is -2.04. The number of rotatable bonds is 4. The van der Waals surface area contributed by atoms with E-state index < -0.39 is 5.97 Å². The maximum atomic E-state index is 11.9. The number of benzene rings is 1. The Kier molecular flexibility index (Phi) is 4.27. The summed E-state index contributed by atoms with van der Waals surface area (Å²) in [7, 11) is 0. The molecule has 5 nitrogen and oxygen atoms in total. The molecule has 0 aromatic heterocycles. The number of hydrogen-bond acceptors (Lipinski definition) is 2. The monoisotopic (exact) mass is 276 g/mol. The van der Waals surface area contributed by atoms with Gasteiger partial charge in [-0.05, 0) is 56.4 Å². The van der Waals surface area contributed by atoms with Crippen LogP contribution < -0.4 is 10.6 Å². The van der Waals surface area contributed by atoms with Gasteiger partial charge in [0, 0.05) is 11.7 Å². The molecule has 1 saturated carbocycles. The largest absolute Gasteiger partial charge is 0.478 e. The molecule has 1 aliphatic carbocycles. The minimum atomic E-state index is -0.970. The van der Waals surface area contributed by atoms with Gasteiger partial charge in [0.15, 0.2) is 0 Å². The number of carbonyl (C=O) groups excluding carboxylic acids is 1. The van der Waals surface area contributed by atoms with Gasteiger partial charge in [-0.1, -0.05) is 6.42 Å². The average Bonchev–Trinajstić information content (AvgIpc) is 2.28. The summed E-state index contributed by atoms with van der Waals surface area (Å²) in [6.07, 6.45) is 3.59. The fourth-order valence-corrected chi connectivity index (χ4v) is 2.36. The van der Waals surface area contributed by atoms with Gasteiger partial charge in [0.1, 0.15) is 0 Å². The molecule has 1 fully saturated rings. The quantitative estimate of drug-likeness (QED) is 0.791. The lowest BCUT2D eigenvalue weighted by molar-refractivity contribution is 0.0697. The molecule has 2 rings (SSSR count). The van der Waals surface area contributed by atoms with Crippen molar-refractivity contribution in [1.29, 1.82) is 0 Å². The number of carboxylic acids is 1. The number of anilines is 1. The maximum Gasteiger partial charge on any atom is 0.335 e. The predicted octanol–water partition coefficient (Wildman–Crippen LogP) is 3.00. The van der Waals surface area contributed by atoms with E-state index in [9.17, 15) is 9.59 Å². The lowest BCUT2D eigenvalue weighted by Gasteiger charge is -2.31. The minimum absolute atomic E-state index is 0.169. The standard InChI is InChI=1S/C15H20N2O3/c1-9-8-12(14(18)19)6-7-13(9)17-15(20)16-10(2)11-4-3-5-11/h6-8,10-11H,3-5H2,1-2H3,(H,18,19)(H2,16,17,20). The Morgan fingerprint density at radius 3 is 2.55 bits per heavy atom. The van der Waals surface area contributed by atoms with Crippen molar-refractivity contribution in [3.8, 4) is 0 Å². The van der Waals surface area contributed by atoms with Crippen LogP contribution in [0.1, 0.15) is 42.1 Å². The Bertz CT molecular complexity index is 524. The highest BCUT2D eigenvalue weighted by molar-refractivity contribution is 5.92. The second-order valence-electron chi connectivity index (χ2n) is 5.41. The Labute approximate surface area is 118 Å². The van der Waals surface area contributed by atoms with Crippen molar-refractivity contribution < 1.29 is 14.7 Å². The first-order valence-corrected chi connectivity index (χ1v) is 6.89. The first-order chi connectivity index (χ1) is 9.47. The van der Waals surface area contributed by atoms with Crippen molar-refractivity contribution in [3.05, 3.63) is 29.3 Å². The normalized spacial score (nSPS) is 16.1. The molecule has 0 aliphatic heterocycles. The van der Waals surface area contributed by atoms with Gasteiger partial charge in [-0.2, -0.15) is 0 Å². The van der Waals surface area contributed by atoms with Crippen LogP contribution in [0.3, 0.4) is 0 Å². The van der Waals surface area contributed by atoms with Crippen molar-refractivity contribution in [2.75, 3.05) is 5.32 Å². The smallest absolute Gasteiger partial charge is 0.335 e. The average molecular weight is 276 g/mol. The van der Waals surface area contributed by atoms with Gasteiger partial charge in [-0.25, -0.2) is 9.59 Å². The van der Waals surface area contributed by atoms with Crippen LogP contribution in [0.5, 0.6) is 0 Å². The van der Waals surface area contributed by atoms with E-state index >= 15 is 0 Å². The number of urea groups is 1. The van der Waals surface area contributed by atoms with Gasteiger partial charge in [-0.15, -0.1) is 0 Å². The number of amides is 2. The molecule has 108 valence electrons. The van der Waals surface area contributed by atoms with Gasteiger partial charge in [-0.3, -0.25) is 0 Å². The van der Waals surface area contributed by atoms with E-state index in [1.807, 2.05) is 6.92 Å². The number of nitrogens with one attached hydrogen (secondary N) is 2. The SMILES string of the molecule is Cc1cc(C(=O)O)ccc1NC(=O)NC(C)C1CCC1. The van der Waals surface area contributed by atoms with Crippen molar-refractivity contribution in [2.45, 2.75) is 39.2 Å². The van der Waals surface area contributed by atoms with E-state index in [1.54, 1.807) is 19.1 Å². The first-order valence-electron chi connectivity index (χ1n) is 6.89. The molecule has 0 spiro atoms. The molecular formula is C15H20N2O3. The van der Waals surface area contributed by atoms with Crippen LogP contribution in [0.2, 0.25) is 0 Å². The zero-order chi connectivity index (χ0) is 14.7. The van der Waals surface area contributed by atoms with E-state index in [0.717, 1.165) is 5.56 Å². The summed E-state index contributed by atoms with van der Waals surface area (Å²) >= 11 is 0. The molecule has 0 saturated heterocycles. The molecule has 1 unspecified atom stereocenters. The van der Waals surface area contributed by atoms with E-state index in [0.29, 0.717) is 11.6 Å². The van der Waals surface area contributed by atoms with Gasteiger partial charge < -0.3 is 15.7 Å². The molecule has 20 heavy (non-hydrogen) atoms. The van der Waals surface area contributed by atoms with Crippen LogP contribution >= 0.6 is 0 Å². The van der Waals surface area contributed by atoms with Crippen LogP contribution in [-0.4, -0.2) is 23.1 Å². The van der Waals surface area contributed by atoms with Gasteiger partial charge in [0.05, 0.1) is 5.56 Å². The van der Waals surface area contributed by atoms with Crippen LogP contribution in [-0.2, 0) is 0 Å². The number of carbonyl (C=O) groups is 2. The number of carboxylic acid groups (broad SMARTS) is 1. The van der Waals surface area contributed by atoms with E-state index in [-0.39, 0.29) is 17.6 Å². The number of hydrogen-bond donors (Lipinski definition) is 3. The fraction of sp³-hybridized carbons (Fsp3) is 0.467. The third-order valence-electron chi connectivity index (χ3n) is 3.94. The highest BCUT2D eigenvalue weighted by Gasteiger charge is 2.25. The van der Waals surface area contributed by atoms with Crippen molar-refractivity contribution >= 4 is 17.7 Å². The Morgan fingerprint density at radius 2 is 2.05 bits per heavy atom. The van der Waals surface area contributed by atoms with Crippen LogP contribution in [0.4, 0.5) is 10.5 Å². The number of aromatic carboxylic acids is 1. The minimum Gasteiger partial charge on any atom is -0.478 e. The molecule has 1 aliphatic rings. The lowest BCUT2D eigenvalue weighted by Crippen LogP contribution is -2.42. The second-order valence-corrected chi connectivity index (χ2v) is 5.41. The highest BCUT2D eigenvalue weighted by atomic mass is 16.4. The molecule has 1 atom stereocenters. The molecule has 1 aromatic rings. The summed E-state index contributed by atoms with van der Waals surface area (Å²) in [6, 6.07) is 4.58. The third-order valence-corrected chi connectivity index (χ3v) is 3.94. The van der Waals surface area contributed by atoms with Crippen molar-refractivity contribution in [2.24, 2.45) is 5.92 Å². The van der Waals surface area contributed by atoms with Crippen molar-refractivity contribution in [1.82, 2.24) is 5.32 Å². The summed E-state index contributed by atoms with van der Waals surface area (Å²) in [5.41, 5.74) is 1.58. The molecule has 0 bridgehead atoms. The van der Waals surface area contributed by atoms with Crippen LogP contribution in [0, 0.1) is 12.8 Å². The topological polar surface area (TPSA) is 78.4 Å². The fourth-order valence-electron chi connectivity index (χ4n) is 2.36. The molecule has 3 N–H and O–H groups in total. The first kappa shape index (κ1) is 14.4. The zero-order valence-electron chi connectivity index (χ0n) is 11.8. The van der Waals surface area contributed by atoms with Crippen LogP contribution in [0.25, 0.3) is 0 Å². The van der Waals surface area contributed by atoms with Gasteiger partial charge >= 0.3 is 12.0 Å². The van der Waals surface area contributed by atoms with E-state index in [4.69, 9.17) is 5.11 Å². The predicted molar refractivity (Wildman–Crippen MR) is 77.1 cm³/mol. The molecular weight excluding hydrogens is 256 g/mol. The van der Waals surface area contributed by atoms with Crippen molar-refractivity contribution in [3.63, 3.8) is 0 Å². The summed E-state index contributed by atoms with van der Waals surface area (Å²) in [6.45, 7) is 3.79. The Balaban J connectivity index is 1.95. The highest BCUT2D eigenvalue weighted by Crippen LogP contribution is 2.29. The molecule has 5 heteroatoms. The second kappa shape index (κ2) is 5.94. The maximum absolute atomic E-state index is 11.9. The summed E-state index contributed by atoms with van der Waals surface area (Å²) in [5, 5.41) is 14.6. The van der Waals surface area contributed by atoms with Gasteiger partial charge in [0.2, 0.25) is 0 Å². The van der Waals surface area contributed by atoms with Gasteiger partial charge in [0.25, 0.3) is 0 Å². The summed E-state index contributed by atoms with van der Waals surface area (Å²) in [5.74, 6) is -0.390. The molecule has 0 radical (unpaired) electrons. The zero-order valence-corrected chi connectivity index (χ0v) is 11.8. The molecule has 2 amide bonds. The third kappa shape index (κ3) is 3.29. The lowest BCUT2D eigenvalue weighted by atomic mass is 9.80.